The van der Waals surface area contributed by atoms with Crippen molar-refractivity contribution in [1.82, 2.24) is 9.97 Å². The lowest BCUT2D eigenvalue weighted by Crippen LogP contribution is -1.82. The van der Waals surface area contributed by atoms with Crippen LogP contribution in [0.15, 0.2) is 54.1 Å². The summed E-state index contributed by atoms with van der Waals surface area (Å²) >= 11 is 8.18. The van der Waals surface area contributed by atoms with Gasteiger partial charge in [-0.05, 0) is 61.8 Å². The van der Waals surface area contributed by atoms with E-state index in [-0.39, 0.29) is 0 Å². The van der Waals surface area contributed by atoms with Gasteiger partial charge in [-0.1, -0.05) is 0 Å². The number of hydrogen-bond donors (Lipinski definition) is 1. The zero-order valence-electron chi connectivity index (χ0n) is 9.43. The second-order valence-electron chi connectivity index (χ2n) is 3.75. The molecule has 0 unspecified atom stereocenters. The molecule has 7 heteroatoms. The van der Waals surface area contributed by atoms with Gasteiger partial charge in [0.15, 0.2) is 5.58 Å². The van der Waals surface area contributed by atoms with Crippen molar-refractivity contribution in [3.8, 4) is 0 Å². The first kappa shape index (κ1) is 13.0. The van der Waals surface area contributed by atoms with Crippen LogP contribution in [0.5, 0.6) is 0 Å². The van der Waals surface area contributed by atoms with Gasteiger partial charge in [-0.25, -0.2) is 9.97 Å². The average Bonchev–Trinajstić information content (AvgIpc) is 2.74. The summed E-state index contributed by atoms with van der Waals surface area (Å²) in [5, 5.41) is 1.33. The highest BCUT2D eigenvalue weighted by atomic mass is 79.9. The first-order valence-electron chi connectivity index (χ1n) is 5.27. The third kappa shape index (κ3) is 2.77. The Morgan fingerprint density at radius 2 is 2.05 bits per heavy atom. The van der Waals surface area contributed by atoms with Crippen LogP contribution in [0.3, 0.4) is 0 Å². The number of nitrogen functional groups attached to an aromatic ring is 1. The molecule has 3 rings (SSSR count). The van der Waals surface area contributed by atoms with E-state index < -0.39 is 0 Å². The van der Waals surface area contributed by atoms with E-state index in [0.717, 1.165) is 19.5 Å². The fourth-order valence-corrected chi connectivity index (χ4v) is 3.46. The minimum atomic E-state index is 0.538. The van der Waals surface area contributed by atoms with Crippen molar-refractivity contribution in [3.05, 3.63) is 39.4 Å². The van der Waals surface area contributed by atoms with Crippen LogP contribution in [-0.4, -0.2) is 9.97 Å². The summed E-state index contributed by atoms with van der Waals surface area (Å²) in [5.74, 6) is 0. The number of benzene rings is 1. The van der Waals surface area contributed by atoms with Crippen LogP contribution >= 0.6 is 43.6 Å². The van der Waals surface area contributed by atoms with Crippen molar-refractivity contribution in [3.63, 3.8) is 0 Å². The van der Waals surface area contributed by atoms with Crippen molar-refractivity contribution in [2.45, 2.75) is 10.2 Å². The molecule has 0 saturated carbocycles. The molecule has 0 fully saturated rings. The molecule has 0 amide bonds. The highest BCUT2D eigenvalue weighted by molar-refractivity contribution is 9.11. The number of nitrogens with zero attached hydrogens (tertiary/aromatic N) is 2. The lowest BCUT2D eigenvalue weighted by molar-refractivity contribution is 0.489. The van der Waals surface area contributed by atoms with E-state index in [1.807, 2.05) is 12.1 Å². The highest BCUT2D eigenvalue weighted by Crippen LogP contribution is 2.34. The van der Waals surface area contributed by atoms with E-state index in [9.17, 15) is 0 Å². The van der Waals surface area contributed by atoms with Crippen LogP contribution in [0.1, 0.15) is 0 Å². The Hall–Kier alpha value is -1.05. The van der Waals surface area contributed by atoms with E-state index in [0.29, 0.717) is 16.5 Å². The first-order valence-corrected chi connectivity index (χ1v) is 7.67. The maximum Gasteiger partial charge on any atom is 0.263 e. The predicted molar refractivity (Wildman–Crippen MR) is 82.2 cm³/mol. The Balaban J connectivity index is 1.96. The highest BCUT2D eigenvalue weighted by Gasteiger charge is 2.11. The molecule has 96 valence electrons. The van der Waals surface area contributed by atoms with E-state index in [2.05, 4.69) is 41.8 Å². The number of aromatic nitrogens is 2. The van der Waals surface area contributed by atoms with Crippen LogP contribution in [0, 0.1) is 0 Å². The molecule has 2 heterocycles. The zero-order valence-corrected chi connectivity index (χ0v) is 13.4. The second-order valence-corrected chi connectivity index (χ2v) is 6.46. The minimum Gasteiger partial charge on any atom is -0.431 e. The second kappa shape index (κ2) is 5.15. The maximum absolute atomic E-state index is 5.71. The molecule has 19 heavy (non-hydrogen) atoms. The lowest BCUT2D eigenvalue weighted by Gasteiger charge is -1.99. The van der Waals surface area contributed by atoms with Gasteiger partial charge >= 0.3 is 0 Å². The standard InChI is InChI=1S/C12H7Br2N3OS/c13-6-3-8(14)11(16-5-6)19-12-17-9-2-1-7(15)4-10(9)18-12/h1-5H,15H2. The molecule has 0 aliphatic carbocycles. The number of anilines is 1. The van der Waals surface area contributed by atoms with Crippen LogP contribution in [0.4, 0.5) is 5.69 Å². The number of rotatable bonds is 2. The zero-order chi connectivity index (χ0) is 13.4. The topological polar surface area (TPSA) is 64.9 Å². The largest absolute Gasteiger partial charge is 0.431 e. The number of halogens is 2. The summed E-state index contributed by atoms with van der Waals surface area (Å²) in [7, 11) is 0. The fourth-order valence-electron chi connectivity index (χ4n) is 1.52. The van der Waals surface area contributed by atoms with Gasteiger partial charge in [0.2, 0.25) is 0 Å². The first-order chi connectivity index (χ1) is 9.11. The van der Waals surface area contributed by atoms with Crippen LogP contribution < -0.4 is 5.73 Å². The van der Waals surface area contributed by atoms with Crippen molar-refractivity contribution in [1.29, 1.82) is 0 Å². The molecule has 1 aromatic carbocycles. The summed E-state index contributed by atoms with van der Waals surface area (Å²) in [4.78, 5) is 8.69. The Bertz CT molecular complexity index is 760. The van der Waals surface area contributed by atoms with Crippen LogP contribution in [0.2, 0.25) is 0 Å². The van der Waals surface area contributed by atoms with Crippen molar-refractivity contribution in [2.24, 2.45) is 0 Å². The Kier molecular flexibility index (Phi) is 3.51. The van der Waals surface area contributed by atoms with Gasteiger partial charge < -0.3 is 10.2 Å². The number of fused-ring (bicyclic) bond motifs is 1. The predicted octanol–water partition coefficient (Wildman–Crippen LogP) is 4.48. The Morgan fingerprint density at radius 3 is 2.84 bits per heavy atom. The molecule has 0 radical (unpaired) electrons. The molecule has 0 spiro atoms. The van der Waals surface area contributed by atoms with E-state index in [1.54, 1.807) is 18.3 Å². The minimum absolute atomic E-state index is 0.538. The molecular formula is C12H7Br2N3OS. The number of hydrogen-bond acceptors (Lipinski definition) is 5. The summed E-state index contributed by atoms with van der Waals surface area (Å²) < 4.78 is 7.43. The smallest absolute Gasteiger partial charge is 0.263 e. The SMILES string of the molecule is Nc1ccc2nc(Sc3ncc(Br)cc3Br)oc2c1. The van der Waals surface area contributed by atoms with Gasteiger partial charge in [0.25, 0.3) is 5.22 Å². The molecule has 2 aromatic heterocycles. The van der Waals surface area contributed by atoms with Gasteiger partial charge in [0, 0.05) is 22.4 Å². The van der Waals surface area contributed by atoms with Gasteiger partial charge in [0.1, 0.15) is 10.5 Å². The molecule has 3 aromatic rings. The van der Waals surface area contributed by atoms with Crippen LogP contribution in [-0.2, 0) is 0 Å². The average molecular weight is 401 g/mol. The Labute approximate surface area is 130 Å². The normalized spacial score (nSPS) is 11.1. The fraction of sp³-hybridized carbons (Fsp3) is 0. The van der Waals surface area contributed by atoms with Crippen molar-refractivity contribution in [2.75, 3.05) is 5.73 Å². The molecule has 0 aliphatic heterocycles. The van der Waals surface area contributed by atoms with Crippen molar-refractivity contribution < 1.29 is 4.42 Å². The quantitative estimate of drug-likeness (QED) is 0.642. The van der Waals surface area contributed by atoms with Crippen molar-refractivity contribution >= 4 is 60.4 Å². The number of pyridine rings is 1. The lowest BCUT2D eigenvalue weighted by atomic mass is 10.3. The van der Waals surface area contributed by atoms with E-state index >= 15 is 0 Å². The number of oxazole rings is 1. The number of nitrogens with two attached hydrogens (primary N) is 1. The van der Waals surface area contributed by atoms with Gasteiger partial charge in [-0.15, -0.1) is 0 Å². The third-order valence-corrected chi connectivity index (χ3v) is 4.52. The van der Waals surface area contributed by atoms with E-state index in [1.165, 1.54) is 11.8 Å². The monoisotopic (exact) mass is 399 g/mol. The Morgan fingerprint density at radius 1 is 1.21 bits per heavy atom. The summed E-state index contributed by atoms with van der Waals surface area (Å²) in [6, 6.07) is 7.32. The van der Waals surface area contributed by atoms with Crippen LogP contribution in [0.25, 0.3) is 11.1 Å². The molecule has 2 N–H and O–H groups in total. The van der Waals surface area contributed by atoms with Gasteiger partial charge in [0.05, 0.1) is 4.47 Å². The van der Waals surface area contributed by atoms with Gasteiger partial charge in [-0.3, -0.25) is 0 Å². The summed E-state index contributed by atoms with van der Waals surface area (Å²) in [5.41, 5.74) is 7.82. The molecular weight excluding hydrogens is 394 g/mol. The third-order valence-electron chi connectivity index (χ3n) is 2.35. The molecule has 0 saturated heterocycles. The molecule has 4 nitrogen and oxygen atoms in total. The maximum atomic E-state index is 5.71. The van der Waals surface area contributed by atoms with E-state index in [4.69, 9.17) is 10.2 Å². The summed E-state index contributed by atoms with van der Waals surface area (Å²) in [6.07, 6.45) is 1.73. The molecule has 0 aliphatic rings. The molecule has 0 atom stereocenters. The van der Waals surface area contributed by atoms with Gasteiger partial charge in [-0.2, -0.15) is 0 Å². The summed E-state index contributed by atoms with van der Waals surface area (Å²) in [6.45, 7) is 0. The molecule has 0 bridgehead atoms.